The Labute approximate surface area is 144 Å². The van der Waals surface area contributed by atoms with Gasteiger partial charge in [0, 0.05) is 30.2 Å². The number of amidine groups is 1. The molecule has 0 aliphatic rings. The smallest absolute Gasteiger partial charge is 0.177 e. The topological polar surface area (TPSA) is 68.3 Å². The van der Waals surface area contributed by atoms with E-state index in [4.69, 9.17) is 0 Å². The number of hydrogen-bond acceptors (Lipinski definition) is 4. The molecule has 0 N–H and O–H groups in total. The minimum absolute atomic E-state index is 0.419. The van der Waals surface area contributed by atoms with Gasteiger partial charge < -0.3 is 0 Å². The van der Waals surface area contributed by atoms with Gasteiger partial charge in [0.2, 0.25) is 0 Å². The van der Waals surface area contributed by atoms with E-state index in [-0.39, 0.29) is 0 Å². The maximum atomic E-state index is 13.3. The Hall–Kier alpha value is -3.48. The van der Waals surface area contributed by atoms with Gasteiger partial charge in [-0.05, 0) is 19.1 Å². The molecule has 3 rings (SSSR count). The first-order chi connectivity index (χ1) is 12.2. The van der Waals surface area contributed by atoms with E-state index in [2.05, 4.69) is 31.6 Å². The van der Waals surface area contributed by atoms with E-state index in [9.17, 15) is 4.39 Å². The van der Waals surface area contributed by atoms with Gasteiger partial charge in [-0.2, -0.15) is 5.10 Å². The third-order valence-electron chi connectivity index (χ3n) is 3.28. The van der Waals surface area contributed by atoms with Crippen LogP contribution in [0, 0.1) is 5.82 Å². The summed E-state index contributed by atoms with van der Waals surface area (Å²) in [4.78, 5) is 16.7. The van der Waals surface area contributed by atoms with E-state index in [1.54, 1.807) is 30.2 Å². The predicted octanol–water partition coefficient (Wildman–Crippen LogP) is 3.45. The van der Waals surface area contributed by atoms with Crippen molar-refractivity contribution in [3.05, 3.63) is 73.3 Å². The van der Waals surface area contributed by atoms with Gasteiger partial charge >= 0.3 is 0 Å². The number of hydrogen-bond donors (Lipinski definition) is 0. The predicted molar refractivity (Wildman–Crippen MR) is 95.4 cm³/mol. The second-order valence-electron chi connectivity index (χ2n) is 4.97. The fraction of sp³-hybridized carbons (Fsp3) is 0.0556. The number of halogens is 1. The highest BCUT2D eigenvalue weighted by atomic mass is 19.1. The molecule has 0 aromatic carbocycles. The molecule has 0 amide bonds. The van der Waals surface area contributed by atoms with Crippen molar-refractivity contribution in [2.24, 2.45) is 9.98 Å². The summed E-state index contributed by atoms with van der Waals surface area (Å²) < 4.78 is 14.9. The van der Waals surface area contributed by atoms with Gasteiger partial charge in [0.1, 0.15) is 11.5 Å². The lowest BCUT2D eigenvalue weighted by atomic mass is 10.2. The molecule has 0 unspecified atom stereocenters. The molecule has 7 heteroatoms. The van der Waals surface area contributed by atoms with Crippen LogP contribution in [0.15, 0.2) is 71.8 Å². The van der Waals surface area contributed by atoms with E-state index < -0.39 is 5.82 Å². The molecule has 3 heterocycles. The third kappa shape index (κ3) is 3.72. The van der Waals surface area contributed by atoms with Crippen molar-refractivity contribution in [3.8, 4) is 16.9 Å². The number of nitrogens with zero attached hydrogens (tertiary/aromatic N) is 6. The molecule has 0 aliphatic heterocycles. The Morgan fingerprint density at radius 2 is 2.16 bits per heavy atom. The summed E-state index contributed by atoms with van der Waals surface area (Å²) in [5, 5.41) is 4.25. The molecule has 124 valence electrons. The van der Waals surface area contributed by atoms with Crippen LogP contribution in [0.25, 0.3) is 16.9 Å². The van der Waals surface area contributed by atoms with Gasteiger partial charge in [0.25, 0.3) is 0 Å². The molecule has 0 spiro atoms. The van der Waals surface area contributed by atoms with Crippen molar-refractivity contribution < 1.29 is 4.39 Å². The molecule has 25 heavy (non-hydrogen) atoms. The molecule has 3 aromatic rings. The quantitative estimate of drug-likeness (QED) is 0.542. The Bertz CT molecular complexity index is 957. The van der Waals surface area contributed by atoms with Crippen LogP contribution in [0.2, 0.25) is 0 Å². The lowest BCUT2D eigenvalue weighted by Crippen LogP contribution is -2.01. The Balaban J connectivity index is 1.97. The van der Waals surface area contributed by atoms with E-state index in [1.807, 2.05) is 18.2 Å². The molecule has 0 radical (unpaired) electrons. The Morgan fingerprint density at radius 3 is 2.92 bits per heavy atom. The molecular weight excluding hydrogens is 319 g/mol. The van der Waals surface area contributed by atoms with Crippen LogP contribution in [-0.2, 0) is 0 Å². The number of aliphatic imine (C=N–C) groups is 2. The molecule has 6 nitrogen and oxygen atoms in total. The van der Waals surface area contributed by atoms with Crippen LogP contribution in [0.1, 0.15) is 12.6 Å². The molecule has 0 fully saturated rings. The number of rotatable bonds is 4. The molecule has 0 atom stereocenters. The van der Waals surface area contributed by atoms with Gasteiger partial charge in [0.05, 0.1) is 30.0 Å². The first kappa shape index (κ1) is 16.4. The van der Waals surface area contributed by atoms with Crippen molar-refractivity contribution in [3.63, 3.8) is 0 Å². The van der Waals surface area contributed by atoms with Crippen molar-refractivity contribution in [2.45, 2.75) is 6.92 Å². The first-order valence-electron chi connectivity index (χ1n) is 7.52. The highest BCUT2D eigenvalue weighted by Gasteiger charge is 2.09. The summed E-state index contributed by atoms with van der Waals surface area (Å²) in [5.41, 5.74) is 2.64. The average molecular weight is 334 g/mol. The Morgan fingerprint density at radius 1 is 1.28 bits per heavy atom. The minimum Gasteiger partial charge on any atom is -0.259 e. The monoisotopic (exact) mass is 334 g/mol. The summed E-state index contributed by atoms with van der Waals surface area (Å²) in [7, 11) is 0. The van der Waals surface area contributed by atoms with Gasteiger partial charge in [0.15, 0.2) is 5.84 Å². The standard InChI is InChI=1S/C18H15FN6/c1-3-21-18(22-4-2)17-7-5-6-16(24-17)13-9-23-25(12-13)15-8-14(19)10-20-11-15/h3-12H,1H2,2H3. The maximum absolute atomic E-state index is 13.3. The molecule has 0 bridgehead atoms. The second-order valence-corrected chi connectivity index (χ2v) is 4.97. The largest absolute Gasteiger partial charge is 0.259 e. The molecular formula is C18H15FN6. The maximum Gasteiger partial charge on any atom is 0.177 e. The van der Waals surface area contributed by atoms with Gasteiger partial charge in [-0.3, -0.25) is 4.98 Å². The second kappa shape index (κ2) is 7.39. The zero-order valence-electron chi connectivity index (χ0n) is 13.5. The van der Waals surface area contributed by atoms with Crippen molar-refractivity contribution in [1.29, 1.82) is 0 Å². The highest BCUT2D eigenvalue weighted by molar-refractivity contribution is 6.01. The lowest BCUT2D eigenvalue weighted by Gasteiger charge is -2.02. The molecule has 3 aromatic heterocycles. The van der Waals surface area contributed by atoms with Crippen LogP contribution in [0.5, 0.6) is 0 Å². The summed E-state index contributed by atoms with van der Waals surface area (Å²) >= 11 is 0. The molecule has 0 saturated carbocycles. The number of aromatic nitrogens is 4. The summed E-state index contributed by atoms with van der Waals surface area (Å²) in [6, 6.07) is 6.90. The summed E-state index contributed by atoms with van der Waals surface area (Å²) in [6.07, 6.45) is 9.17. The SMILES string of the molecule is C=CN=C(N=CC)c1cccc(-c2cnn(-c3cncc(F)c3)c2)n1. The van der Waals surface area contributed by atoms with Gasteiger partial charge in [-0.1, -0.05) is 12.6 Å². The fourth-order valence-corrected chi connectivity index (χ4v) is 2.22. The van der Waals surface area contributed by atoms with Crippen molar-refractivity contribution in [1.82, 2.24) is 19.7 Å². The zero-order chi connectivity index (χ0) is 17.6. The molecule has 0 aliphatic carbocycles. The highest BCUT2D eigenvalue weighted by Crippen LogP contribution is 2.19. The first-order valence-corrected chi connectivity index (χ1v) is 7.52. The van der Waals surface area contributed by atoms with Crippen molar-refractivity contribution in [2.75, 3.05) is 0 Å². The van der Waals surface area contributed by atoms with Crippen LogP contribution in [-0.4, -0.2) is 31.8 Å². The Kier molecular flexibility index (Phi) is 4.84. The van der Waals surface area contributed by atoms with E-state index in [0.29, 0.717) is 22.9 Å². The summed E-state index contributed by atoms with van der Waals surface area (Å²) in [5.74, 6) is 0.0541. The zero-order valence-corrected chi connectivity index (χ0v) is 13.5. The fourth-order valence-electron chi connectivity index (χ4n) is 2.22. The van der Waals surface area contributed by atoms with Gasteiger partial charge in [-0.25, -0.2) is 24.0 Å². The van der Waals surface area contributed by atoms with E-state index in [1.165, 1.54) is 18.5 Å². The summed E-state index contributed by atoms with van der Waals surface area (Å²) in [6.45, 7) is 5.40. The van der Waals surface area contributed by atoms with E-state index >= 15 is 0 Å². The minimum atomic E-state index is -0.419. The number of pyridine rings is 2. The normalized spacial score (nSPS) is 11.8. The molecule has 0 saturated heterocycles. The average Bonchev–Trinajstić information content (AvgIpc) is 3.12. The van der Waals surface area contributed by atoms with Gasteiger partial charge in [-0.15, -0.1) is 0 Å². The van der Waals surface area contributed by atoms with Crippen LogP contribution >= 0.6 is 0 Å². The van der Waals surface area contributed by atoms with Crippen LogP contribution in [0.3, 0.4) is 0 Å². The lowest BCUT2D eigenvalue weighted by molar-refractivity contribution is 0.618. The van der Waals surface area contributed by atoms with E-state index in [0.717, 1.165) is 11.8 Å². The third-order valence-corrected chi connectivity index (χ3v) is 3.28. The van der Waals surface area contributed by atoms with Crippen LogP contribution in [0.4, 0.5) is 4.39 Å². The van der Waals surface area contributed by atoms with Crippen molar-refractivity contribution >= 4 is 12.1 Å². The van der Waals surface area contributed by atoms with Crippen LogP contribution < -0.4 is 0 Å².